The fraction of sp³-hybridized carbons (Fsp3) is 0.273. The van der Waals surface area contributed by atoms with Crippen LogP contribution in [0.2, 0.25) is 0 Å². The Labute approximate surface area is 199 Å². The summed E-state index contributed by atoms with van der Waals surface area (Å²) in [5.41, 5.74) is 4.94. The van der Waals surface area contributed by atoms with Gasteiger partial charge in [0.2, 0.25) is 0 Å². The van der Waals surface area contributed by atoms with Crippen molar-refractivity contribution in [2.24, 2.45) is 5.73 Å². The van der Waals surface area contributed by atoms with Crippen LogP contribution in [0.15, 0.2) is 54.2 Å². The van der Waals surface area contributed by atoms with Gasteiger partial charge >= 0.3 is 12.5 Å². The van der Waals surface area contributed by atoms with E-state index >= 15 is 0 Å². The van der Waals surface area contributed by atoms with Crippen LogP contribution in [-0.4, -0.2) is 53.5 Å². The number of carbonyl (C=O) groups is 1. The number of benzene rings is 2. The zero-order valence-corrected chi connectivity index (χ0v) is 18.1. The Balaban J connectivity index is 2.09. The van der Waals surface area contributed by atoms with Gasteiger partial charge in [0.25, 0.3) is 5.91 Å². The molecule has 36 heavy (non-hydrogen) atoms. The van der Waals surface area contributed by atoms with Crippen molar-refractivity contribution in [3.05, 3.63) is 71.2 Å². The summed E-state index contributed by atoms with van der Waals surface area (Å²) in [4.78, 5) is 13.4. The largest absolute Gasteiger partial charge is 0.573 e. The number of aliphatic hydroxyl groups excluding tert-OH is 1. The second-order valence-electron chi connectivity index (χ2n) is 7.70. The van der Waals surface area contributed by atoms with Crippen LogP contribution in [0.3, 0.4) is 0 Å². The molecule has 1 amide bonds. The molecule has 2 aromatic carbocycles. The number of anilines is 1. The summed E-state index contributed by atoms with van der Waals surface area (Å²) in [6.45, 7) is -1.74. The topological polar surface area (TPSA) is 112 Å². The van der Waals surface area contributed by atoms with Gasteiger partial charge in [-0.15, -0.1) is 13.2 Å². The highest BCUT2D eigenvalue weighted by atomic mass is 19.4. The van der Waals surface area contributed by atoms with E-state index in [0.717, 1.165) is 12.3 Å². The van der Waals surface area contributed by atoms with E-state index < -0.39 is 54.7 Å². The Hall–Kier alpha value is -3.81. The zero-order chi connectivity index (χ0) is 26.8. The first-order chi connectivity index (χ1) is 16.8. The van der Waals surface area contributed by atoms with E-state index in [9.17, 15) is 40.6 Å². The van der Waals surface area contributed by atoms with Crippen LogP contribution >= 0.6 is 0 Å². The van der Waals surface area contributed by atoms with Gasteiger partial charge in [0.15, 0.2) is 11.6 Å². The van der Waals surface area contributed by atoms with Gasteiger partial charge in [-0.2, -0.15) is 13.2 Å². The van der Waals surface area contributed by atoms with Gasteiger partial charge in [-0.05, 0) is 23.8 Å². The quantitative estimate of drug-likeness (QED) is 0.250. The molecular formula is C22H19F7N4O3. The summed E-state index contributed by atoms with van der Waals surface area (Å²) >= 11 is 0. The van der Waals surface area contributed by atoms with Gasteiger partial charge in [-0.25, -0.2) is 4.39 Å². The molecule has 1 aliphatic heterocycles. The molecule has 0 aromatic heterocycles. The fourth-order valence-electron chi connectivity index (χ4n) is 4.01. The molecule has 3 atom stereocenters. The van der Waals surface area contributed by atoms with E-state index in [1.165, 1.54) is 24.3 Å². The first-order valence-electron chi connectivity index (χ1n) is 10.1. The molecule has 5 N–H and O–H groups in total. The average molecular weight is 520 g/mol. The number of aliphatic hydroxyl groups is 1. The normalized spacial score (nSPS) is 19.5. The number of nitrogens with zero attached hydrogens (tertiary/aromatic N) is 1. The Morgan fingerprint density at radius 3 is 2.44 bits per heavy atom. The molecule has 2 aromatic rings. The molecule has 1 aliphatic rings. The number of amides is 1. The van der Waals surface area contributed by atoms with Crippen LogP contribution in [-0.2, 0) is 0 Å². The van der Waals surface area contributed by atoms with Gasteiger partial charge in [-0.3, -0.25) is 4.79 Å². The summed E-state index contributed by atoms with van der Waals surface area (Å²) in [6, 6.07) is 6.10. The Morgan fingerprint density at radius 1 is 1.19 bits per heavy atom. The molecule has 1 heterocycles. The highest BCUT2D eigenvalue weighted by molar-refractivity contribution is 5.99. The van der Waals surface area contributed by atoms with Crippen molar-refractivity contribution in [1.29, 1.82) is 5.41 Å². The minimum atomic E-state index is -5.21. The van der Waals surface area contributed by atoms with Crippen LogP contribution in [0.4, 0.5) is 36.4 Å². The van der Waals surface area contributed by atoms with Gasteiger partial charge in [0.1, 0.15) is 12.8 Å². The van der Waals surface area contributed by atoms with Gasteiger partial charge < -0.3 is 31.2 Å². The maximum absolute atomic E-state index is 13.8. The SMILES string of the molecule is N=C/C(=C\N)[C@@H]1[C@@H](C(O)Nc2ccc(F)c(OC(F)(F)F)c2)c2ccccc2C(=O)N1CC(F)(F)F. The first kappa shape index (κ1) is 26.8. The highest BCUT2D eigenvalue weighted by Gasteiger charge is 2.48. The minimum absolute atomic E-state index is 0.0981. The summed E-state index contributed by atoms with van der Waals surface area (Å²) < 4.78 is 95.3. The lowest BCUT2D eigenvalue weighted by atomic mass is 9.78. The van der Waals surface area contributed by atoms with E-state index in [4.69, 9.17) is 11.1 Å². The Morgan fingerprint density at radius 2 is 1.86 bits per heavy atom. The van der Waals surface area contributed by atoms with Crippen molar-refractivity contribution in [2.75, 3.05) is 11.9 Å². The van der Waals surface area contributed by atoms with Crippen molar-refractivity contribution >= 4 is 17.8 Å². The molecule has 0 saturated carbocycles. The number of rotatable bonds is 7. The molecule has 3 rings (SSSR count). The first-order valence-corrected chi connectivity index (χ1v) is 10.1. The molecule has 0 radical (unpaired) electrons. The van der Waals surface area contributed by atoms with Gasteiger partial charge in [0, 0.05) is 35.3 Å². The predicted molar refractivity (Wildman–Crippen MR) is 114 cm³/mol. The molecule has 194 valence electrons. The summed E-state index contributed by atoms with van der Waals surface area (Å²) in [7, 11) is 0. The van der Waals surface area contributed by atoms with E-state index in [1.807, 2.05) is 0 Å². The number of nitrogens with two attached hydrogens (primary N) is 1. The van der Waals surface area contributed by atoms with Crippen molar-refractivity contribution in [2.45, 2.75) is 30.7 Å². The summed E-state index contributed by atoms with van der Waals surface area (Å²) in [6.07, 6.45) is -10.5. The molecule has 0 fully saturated rings. The number of fused-ring (bicyclic) bond motifs is 1. The predicted octanol–water partition coefficient (Wildman–Crippen LogP) is 4.12. The molecular weight excluding hydrogens is 501 g/mol. The molecule has 0 saturated heterocycles. The molecule has 1 unspecified atom stereocenters. The second-order valence-corrected chi connectivity index (χ2v) is 7.70. The number of hydrogen-bond donors (Lipinski definition) is 4. The standard InChI is InChI=1S/C22H19F7N4O3/c23-15-6-5-12(7-16(15)36-22(27,28)29)32-19(34)17-13-3-1-2-4-14(13)20(35)33(10-21(24,25)26)18(17)11(8-30)9-31/h1-9,17-19,30,32,34H,10,31H2/b11-9+,30-8?/t17-,18+,19?/m0/s1. The smallest absolute Gasteiger partial charge is 0.404 e. The van der Waals surface area contributed by atoms with Crippen molar-refractivity contribution in [1.82, 2.24) is 4.90 Å². The monoisotopic (exact) mass is 520 g/mol. The summed E-state index contributed by atoms with van der Waals surface area (Å²) in [5.74, 6) is -4.97. The van der Waals surface area contributed by atoms with Crippen LogP contribution in [0.1, 0.15) is 21.8 Å². The number of nitrogens with one attached hydrogen (secondary N) is 2. The van der Waals surface area contributed by atoms with Crippen LogP contribution in [0.25, 0.3) is 0 Å². The number of hydrogen-bond acceptors (Lipinski definition) is 6. The number of halogens is 7. The molecule has 0 spiro atoms. The molecule has 14 heteroatoms. The maximum Gasteiger partial charge on any atom is 0.573 e. The Bertz CT molecular complexity index is 1170. The van der Waals surface area contributed by atoms with Gasteiger partial charge in [-0.1, -0.05) is 18.2 Å². The number of ether oxygens (including phenoxy) is 1. The summed E-state index contributed by atoms with van der Waals surface area (Å²) in [5, 5.41) is 21.1. The number of carbonyl (C=O) groups excluding carboxylic acids is 1. The third kappa shape index (κ3) is 5.87. The van der Waals surface area contributed by atoms with Crippen LogP contribution in [0.5, 0.6) is 5.75 Å². The second kappa shape index (κ2) is 10.0. The van der Waals surface area contributed by atoms with Crippen molar-refractivity contribution in [3.8, 4) is 5.75 Å². The maximum atomic E-state index is 13.8. The third-order valence-corrected chi connectivity index (χ3v) is 5.35. The minimum Gasteiger partial charge on any atom is -0.404 e. The highest BCUT2D eigenvalue weighted by Crippen LogP contribution is 2.40. The van der Waals surface area contributed by atoms with Crippen LogP contribution in [0, 0.1) is 11.2 Å². The molecule has 0 bridgehead atoms. The zero-order valence-electron chi connectivity index (χ0n) is 18.1. The van der Waals surface area contributed by atoms with E-state index in [0.29, 0.717) is 23.2 Å². The average Bonchev–Trinajstić information content (AvgIpc) is 2.77. The molecule has 7 nitrogen and oxygen atoms in total. The van der Waals surface area contributed by atoms with E-state index in [-0.39, 0.29) is 22.4 Å². The molecule has 0 aliphatic carbocycles. The fourth-order valence-corrected chi connectivity index (χ4v) is 4.01. The lowest BCUT2D eigenvalue weighted by Crippen LogP contribution is -2.56. The van der Waals surface area contributed by atoms with Gasteiger partial charge in [0.05, 0.1) is 12.0 Å². The lowest BCUT2D eigenvalue weighted by molar-refractivity contribution is -0.275. The van der Waals surface area contributed by atoms with Crippen LogP contribution < -0.4 is 15.8 Å². The lowest BCUT2D eigenvalue weighted by Gasteiger charge is -2.44. The van der Waals surface area contributed by atoms with Crippen molar-refractivity contribution in [3.63, 3.8) is 0 Å². The van der Waals surface area contributed by atoms with E-state index in [2.05, 4.69) is 10.1 Å². The van der Waals surface area contributed by atoms with Crippen molar-refractivity contribution < 1.29 is 45.4 Å². The number of alkyl halides is 6. The third-order valence-electron chi connectivity index (χ3n) is 5.35. The van der Waals surface area contributed by atoms with E-state index in [1.54, 1.807) is 0 Å². The Kier molecular flexibility index (Phi) is 7.48.